The number of nitrogens with one attached hydrogen (secondary N) is 2. The van der Waals surface area contributed by atoms with Gasteiger partial charge in [0.15, 0.2) is 0 Å². The molecule has 2 rings (SSSR count). The van der Waals surface area contributed by atoms with E-state index in [0.29, 0.717) is 0 Å². The lowest BCUT2D eigenvalue weighted by molar-refractivity contribution is -0.114. The summed E-state index contributed by atoms with van der Waals surface area (Å²) in [5.74, 6) is -0.747. The number of rotatable bonds is 6. The fourth-order valence-corrected chi connectivity index (χ4v) is 3.57. The number of hydrogen-bond acceptors (Lipinski definition) is 6. The summed E-state index contributed by atoms with van der Waals surface area (Å²) >= 11 is 6.03. The van der Waals surface area contributed by atoms with Gasteiger partial charge in [-0.1, -0.05) is 11.6 Å². The van der Waals surface area contributed by atoms with Gasteiger partial charge in [-0.3, -0.25) is 9.52 Å². The van der Waals surface area contributed by atoms with Crippen LogP contribution in [0.25, 0.3) is 0 Å². The topological polar surface area (TPSA) is 111 Å². The molecule has 0 radical (unpaired) electrons. The molecule has 0 aliphatic rings. The summed E-state index contributed by atoms with van der Waals surface area (Å²) in [6, 6.07) is 8.05. The standard InChI is InChI=1S/C17H17ClN2O6S/c1-10(21)19-14-6-5-12(9-13(14)18)27(23,24)20-15-8-11(17(22)26-3)4-7-16(15)25-2/h4-9,20H,1-3H3,(H,19,21). The van der Waals surface area contributed by atoms with Crippen molar-refractivity contribution in [3.63, 3.8) is 0 Å². The minimum Gasteiger partial charge on any atom is -0.495 e. The molecule has 2 aromatic rings. The highest BCUT2D eigenvalue weighted by molar-refractivity contribution is 7.92. The zero-order valence-electron chi connectivity index (χ0n) is 14.7. The molecule has 2 N–H and O–H groups in total. The van der Waals surface area contributed by atoms with Crippen molar-refractivity contribution in [2.75, 3.05) is 24.3 Å². The van der Waals surface area contributed by atoms with Gasteiger partial charge in [0.2, 0.25) is 5.91 Å². The molecule has 27 heavy (non-hydrogen) atoms. The summed E-state index contributed by atoms with van der Waals surface area (Å²) in [6.45, 7) is 1.31. The van der Waals surface area contributed by atoms with Crippen LogP contribution >= 0.6 is 11.6 Å². The molecule has 144 valence electrons. The van der Waals surface area contributed by atoms with Gasteiger partial charge in [-0.15, -0.1) is 0 Å². The van der Waals surface area contributed by atoms with Crippen LogP contribution in [-0.2, 0) is 19.6 Å². The van der Waals surface area contributed by atoms with E-state index in [-0.39, 0.29) is 38.5 Å². The van der Waals surface area contributed by atoms with E-state index in [9.17, 15) is 18.0 Å². The van der Waals surface area contributed by atoms with Gasteiger partial charge < -0.3 is 14.8 Å². The number of hydrogen-bond donors (Lipinski definition) is 2. The van der Waals surface area contributed by atoms with Crippen molar-refractivity contribution in [1.82, 2.24) is 0 Å². The van der Waals surface area contributed by atoms with Crippen molar-refractivity contribution < 1.29 is 27.5 Å². The van der Waals surface area contributed by atoms with Gasteiger partial charge in [0.1, 0.15) is 5.75 Å². The summed E-state index contributed by atoms with van der Waals surface area (Å²) < 4.78 is 37.5. The van der Waals surface area contributed by atoms with E-state index in [1.54, 1.807) is 0 Å². The van der Waals surface area contributed by atoms with Crippen molar-refractivity contribution in [3.8, 4) is 5.75 Å². The maximum atomic E-state index is 12.7. The van der Waals surface area contributed by atoms with Crippen molar-refractivity contribution in [2.24, 2.45) is 0 Å². The second-order valence-electron chi connectivity index (χ2n) is 5.33. The summed E-state index contributed by atoms with van der Waals surface area (Å²) in [4.78, 5) is 22.7. The third-order valence-electron chi connectivity index (χ3n) is 3.43. The maximum absolute atomic E-state index is 12.7. The average molecular weight is 413 g/mol. The van der Waals surface area contributed by atoms with Gasteiger partial charge in [0.25, 0.3) is 10.0 Å². The number of amides is 1. The van der Waals surface area contributed by atoms with Gasteiger partial charge in [-0.2, -0.15) is 0 Å². The molecule has 0 saturated carbocycles. The second kappa shape index (κ2) is 8.28. The zero-order chi connectivity index (χ0) is 20.2. The lowest BCUT2D eigenvalue weighted by Gasteiger charge is -2.14. The minimum atomic E-state index is -4.04. The Hall–Kier alpha value is -2.78. The highest BCUT2D eigenvalue weighted by atomic mass is 35.5. The first-order valence-corrected chi connectivity index (χ1v) is 9.40. The van der Waals surface area contributed by atoms with E-state index in [2.05, 4.69) is 14.8 Å². The van der Waals surface area contributed by atoms with Crippen LogP contribution in [0.3, 0.4) is 0 Å². The van der Waals surface area contributed by atoms with Crippen LogP contribution in [0.1, 0.15) is 17.3 Å². The quantitative estimate of drug-likeness (QED) is 0.706. The van der Waals surface area contributed by atoms with Gasteiger partial charge in [0, 0.05) is 6.92 Å². The first-order chi connectivity index (χ1) is 12.7. The Labute approximate surface area is 161 Å². The highest BCUT2D eigenvalue weighted by Gasteiger charge is 2.20. The number of carbonyl (C=O) groups is 2. The second-order valence-corrected chi connectivity index (χ2v) is 7.42. The molecule has 10 heteroatoms. The summed E-state index contributed by atoms with van der Waals surface area (Å²) in [6.07, 6.45) is 0. The van der Waals surface area contributed by atoms with Crippen LogP contribution in [0, 0.1) is 0 Å². The van der Waals surface area contributed by atoms with Crippen molar-refractivity contribution in [3.05, 3.63) is 47.0 Å². The Bertz CT molecular complexity index is 991. The molecule has 0 spiro atoms. The number of halogens is 1. The van der Waals surface area contributed by atoms with Gasteiger partial charge >= 0.3 is 5.97 Å². The molecule has 0 fully saturated rings. The summed E-state index contributed by atoms with van der Waals surface area (Å²) in [7, 11) is -1.46. The molecule has 0 saturated heterocycles. The Morgan fingerprint density at radius 3 is 2.30 bits per heavy atom. The Kier molecular flexibility index (Phi) is 6.29. The van der Waals surface area contributed by atoms with E-state index in [4.69, 9.17) is 16.3 Å². The van der Waals surface area contributed by atoms with Gasteiger partial charge in [-0.05, 0) is 36.4 Å². The summed E-state index contributed by atoms with van der Waals surface area (Å²) in [5, 5.41) is 2.55. The number of benzene rings is 2. The zero-order valence-corrected chi connectivity index (χ0v) is 16.3. The normalized spacial score (nSPS) is 10.8. The Balaban J connectivity index is 2.39. The molecule has 0 aliphatic heterocycles. The van der Waals surface area contributed by atoms with Crippen LogP contribution in [0.15, 0.2) is 41.3 Å². The predicted molar refractivity (Wildman–Crippen MR) is 101 cm³/mol. The average Bonchev–Trinajstić information content (AvgIpc) is 2.61. The van der Waals surface area contributed by atoms with Gasteiger partial charge in [0.05, 0.1) is 41.1 Å². The Morgan fingerprint density at radius 2 is 1.74 bits per heavy atom. The van der Waals surface area contributed by atoms with Gasteiger partial charge in [-0.25, -0.2) is 13.2 Å². The SMILES string of the molecule is COC(=O)c1ccc(OC)c(NS(=O)(=O)c2ccc(NC(C)=O)c(Cl)c2)c1. The molecule has 0 aromatic heterocycles. The first kappa shape index (κ1) is 20.5. The van der Waals surface area contributed by atoms with Crippen LogP contribution < -0.4 is 14.8 Å². The number of ether oxygens (including phenoxy) is 2. The molecule has 0 unspecified atom stereocenters. The molecule has 1 amide bonds. The van der Waals surface area contributed by atoms with Crippen molar-refractivity contribution >= 4 is 44.9 Å². The number of esters is 1. The first-order valence-electron chi connectivity index (χ1n) is 7.54. The van der Waals surface area contributed by atoms with E-state index in [1.165, 1.54) is 57.5 Å². The lowest BCUT2D eigenvalue weighted by atomic mass is 10.2. The number of methoxy groups -OCH3 is 2. The molecular formula is C17H17ClN2O6S. The maximum Gasteiger partial charge on any atom is 0.337 e. The third-order valence-corrected chi connectivity index (χ3v) is 5.10. The number of anilines is 2. The molecule has 2 aromatic carbocycles. The van der Waals surface area contributed by atoms with E-state index < -0.39 is 16.0 Å². The molecule has 0 atom stereocenters. The monoisotopic (exact) mass is 412 g/mol. The van der Waals surface area contributed by atoms with Crippen LogP contribution in [0.4, 0.5) is 11.4 Å². The summed E-state index contributed by atoms with van der Waals surface area (Å²) in [5.41, 5.74) is 0.492. The third kappa shape index (κ3) is 4.89. The van der Waals surface area contributed by atoms with E-state index >= 15 is 0 Å². The molecule has 0 bridgehead atoms. The van der Waals surface area contributed by atoms with Crippen LogP contribution in [0.5, 0.6) is 5.75 Å². The molecule has 0 heterocycles. The fraction of sp³-hybridized carbons (Fsp3) is 0.176. The van der Waals surface area contributed by atoms with Crippen molar-refractivity contribution in [1.29, 1.82) is 0 Å². The van der Waals surface area contributed by atoms with E-state index in [0.717, 1.165) is 0 Å². The van der Waals surface area contributed by atoms with Crippen LogP contribution in [0.2, 0.25) is 5.02 Å². The largest absolute Gasteiger partial charge is 0.495 e. The fourth-order valence-electron chi connectivity index (χ4n) is 2.19. The number of sulfonamides is 1. The van der Waals surface area contributed by atoms with Crippen molar-refractivity contribution in [2.45, 2.75) is 11.8 Å². The molecule has 0 aliphatic carbocycles. The lowest BCUT2D eigenvalue weighted by Crippen LogP contribution is -2.15. The Morgan fingerprint density at radius 1 is 1.04 bits per heavy atom. The van der Waals surface area contributed by atoms with E-state index in [1.807, 2.05) is 0 Å². The van der Waals surface area contributed by atoms with Crippen LogP contribution in [-0.4, -0.2) is 34.5 Å². The molecular weight excluding hydrogens is 396 g/mol. The molecule has 8 nitrogen and oxygen atoms in total. The smallest absolute Gasteiger partial charge is 0.337 e. The minimum absolute atomic E-state index is 0.0578. The number of carbonyl (C=O) groups excluding carboxylic acids is 2. The highest BCUT2D eigenvalue weighted by Crippen LogP contribution is 2.30. The predicted octanol–water partition coefficient (Wildman–Crippen LogP) is 2.89.